The van der Waals surface area contributed by atoms with Crippen molar-refractivity contribution < 1.29 is 4.42 Å². The summed E-state index contributed by atoms with van der Waals surface area (Å²) in [6.07, 6.45) is 5.73. The first kappa shape index (κ1) is 12.0. The Kier molecular flexibility index (Phi) is 4.09. The van der Waals surface area contributed by atoms with Crippen molar-refractivity contribution >= 4 is 17.4 Å². The van der Waals surface area contributed by atoms with Crippen molar-refractivity contribution in [2.24, 2.45) is 0 Å². The van der Waals surface area contributed by atoms with Gasteiger partial charge in [0, 0.05) is 12.4 Å². The molecule has 0 radical (unpaired) electrons. The van der Waals surface area contributed by atoms with E-state index in [9.17, 15) is 0 Å². The number of aromatic nitrogens is 1. The van der Waals surface area contributed by atoms with Gasteiger partial charge in [-0.25, -0.2) is 0 Å². The Morgan fingerprint density at radius 3 is 2.88 bits per heavy atom. The largest absolute Gasteiger partial charge is 0.463 e. The van der Waals surface area contributed by atoms with E-state index in [0.717, 1.165) is 28.5 Å². The van der Waals surface area contributed by atoms with Crippen molar-refractivity contribution in [3.63, 3.8) is 0 Å². The monoisotopic (exact) mass is 248 g/mol. The van der Waals surface area contributed by atoms with Crippen LogP contribution in [0.5, 0.6) is 0 Å². The number of pyridine rings is 1. The van der Waals surface area contributed by atoms with Crippen molar-refractivity contribution in [1.29, 1.82) is 0 Å². The highest BCUT2D eigenvalue weighted by Crippen LogP contribution is 2.15. The van der Waals surface area contributed by atoms with Crippen molar-refractivity contribution in [2.75, 3.05) is 11.6 Å². The molecule has 2 aromatic rings. The lowest BCUT2D eigenvalue weighted by Gasteiger charge is -2.04. The van der Waals surface area contributed by atoms with Crippen molar-refractivity contribution in [3.05, 3.63) is 47.7 Å². The number of hydrogen-bond acceptors (Lipinski definition) is 4. The second-order valence-corrected chi connectivity index (χ2v) is 4.77. The van der Waals surface area contributed by atoms with Crippen LogP contribution < -0.4 is 5.32 Å². The zero-order valence-electron chi connectivity index (χ0n) is 10.1. The number of nitrogens with zero attached hydrogens (tertiary/aromatic N) is 1. The van der Waals surface area contributed by atoms with Crippen LogP contribution in [0.3, 0.4) is 0 Å². The minimum Gasteiger partial charge on any atom is -0.463 e. The van der Waals surface area contributed by atoms with E-state index in [4.69, 9.17) is 4.42 Å². The third-order valence-corrected chi connectivity index (χ3v) is 2.92. The van der Waals surface area contributed by atoms with Gasteiger partial charge in [-0.15, -0.1) is 0 Å². The molecule has 0 aromatic carbocycles. The molecule has 0 spiro atoms. The van der Waals surface area contributed by atoms with Gasteiger partial charge in [-0.2, -0.15) is 11.8 Å². The van der Waals surface area contributed by atoms with Crippen LogP contribution in [-0.4, -0.2) is 11.2 Å². The molecular weight excluding hydrogens is 232 g/mol. The van der Waals surface area contributed by atoms with Crippen LogP contribution >= 0.6 is 11.8 Å². The molecule has 4 heteroatoms. The summed E-state index contributed by atoms with van der Waals surface area (Å²) in [4.78, 5) is 4.13. The predicted octanol–water partition coefficient (Wildman–Crippen LogP) is 3.46. The Bertz CT molecular complexity index is 482. The maximum Gasteiger partial charge on any atom is 0.123 e. The van der Waals surface area contributed by atoms with Crippen LogP contribution in [0.25, 0.3) is 0 Å². The van der Waals surface area contributed by atoms with Gasteiger partial charge in [0.1, 0.15) is 11.5 Å². The fourth-order valence-corrected chi connectivity index (χ4v) is 2.02. The zero-order chi connectivity index (χ0) is 12.1. The van der Waals surface area contributed by atoms with Gasteiger partial charge < -0.3 is 9.73 Å². The quantitative estimate of drug-likeness (QED) is 0.879. The highest BCUT2D eigenvalue weighted by Gasteiger charge is 2.01. The first-order valence-electron chi connectivity index (χ1n) is 5.50. The van der Waals surface area contributed by atoms with E-state index in [0.29, 0.717) is 6.54 Å². The van der Waals surface area contributed by atoms with Gasteiger partial charge in [0.05, 0.1) is 18.0 Å². The molecule has 0 aliphatic carbocycles. The molecular formula is C13H16N2OS. The van der Waals surface area contributed by atoms with Crippen LogP contribution in [0.15, 0.2) is 35.0 Å². The number of aryl methyl sites for hydroxylation is 1. The Labute approximate surface area is 106 Å². The molecule has 1 N–H and O–H groups in total. The highest BCUT2D eigenvalue weighted by molar-refractivity contribution is 7.97. The maximum absolute atomic E-state index is 5.67. The van der Waals surface area contributed by atoms with E-state index in [-0.39, 0.29) is 0 Å². The Morgan fingerprint density at radius 1 is 1.29 bits per heavy atom. The van der Waals surface area contributed by atoms with Crippen molar-refractivity contribution in [1.82, 2.24) is 4.98 Å². The Hall–Kier alpha value is -1.42. The van der Waals surface area contributed by atoms with Crippen molar-refractivity contribution in [2.45, 2.75) is 19.2 Å². The summed E-state index contributed by atoms with van der Waals surface area (Å²) in [5, 5.41) is 3.29. The lowest BCUT2D eigenvalue weighted by atomic mass is 10.3. The van der Waals surface area contributed by atoms with Gasteiger partial charge in [0.25, 0.3) is 0 Å². The fraction of sp³-hybridized carbons (Fsp3) is 0.308. The Morgan fingerprint density at radius 2 is 2.12 bits per heavy atom. The normalized spacial score (nSPS) is 10.5. The van der Waals surface area contributed by atoms with E-state index in [1.165, 1.54) is 0 Å². The van der Waals surface area contributed by atoms with Crippen LogP contribution in [-0.2, 0) is 12.3 Å². The van der Waals surface area contributed by atoms with Gasteiger partial charge >= 0.3 is 0 Å². The summed E-state index contributed by atoms with van der Waals surface area (Å²) >= 11 is 1.76. The smallest absolute Gasteiger partial charge is 0.123 e. The van der Waals surface area contributed by atoms with Crippen LogP contribution in [0, 0.1) is 6.92 Å². The summed E-state index contributed by atoms with van der Waals surface area (Å²) in [6, 6.07) is 6.11. The van der Waals surface area contributed by atoms with Crippen LogP contribution in [0.1, 0.15) is 17.1 Å². The van der Waals surface area contributed by atoms with E-state index in [1.807, 2.05) is 31.5 Å². The number of nitrogens with one attached hydrogen (secondary N) is 1. The van der Waals surface area contributed by atoms with E-state index in [2.05, 4.69) is 22.6 Å². The zero-order valence-corrected chi connectivity index (χ0v) is 10.9. The first-order valence-corrected chi connectivity index (χ1v) is 6.89. The number of furan rings is 1. The molecule has 0 fully saturated rings. The molecule has 17 heavy (non-hydrogen) atoms. The predicted molar refractivity (Wildman–Crippen MR) is 72.2 cm³/mol. The van der Waals surface area contributed by atoms with Crippen molar-refractivity contribution in [3.8, 4) is 0 Å². The minimum atomic E-state index is 0.694. The number of hydrogen-bond donors (Lipinski definition) is 1. The van der Waals surface area contributed by atoms with Gasteiger partial charge in [-0.1, -0.05) is 0 Å². The highest BCUT2D eigenvalue weighted by atomic mass is 32.2. The average molecular weight is 248 g/mol. The molecule has 0 aliphatic heterocycles. The topological polar surface area (TPSA) is 38.1 Å². The van der Waals surface area contributed by atoms with Gasteiger partial charge in [0.2, 0.25) is 0 Å². The fourth-order valence-electron chi connectivity index (χ4n) is 1.58. The van der Waals surface area contributed by atoms with E-state index >= 15 is 0 Å². The molecule has 0 saturated heterocycles. The second-order valence-electron chi connectivity index (χ2n) is 3.91. The molecule has 0 unspecified atom stereocenters. The molecule has 2 rings (SSSR count). The molecule has 2 aromatic heterocycles. The minimum absolute atomic E-state index is 0.694. The summed E-state index contributed by atoms with van der Waals surface area (Å²) in [5.74, 6) is 2.90. The van der Waals surface area contributed by atoms with Gasteiger partial charge in [-0.3, -0.25) is 4.98 Å². The summed E-state index contributed by atoms with van der Waals surface area (Å²) in [5.41, 5.74) is 2.17. The van der Waals surface area contributed by atoms with Crippen LogP contribution in [0.4, 0.5) is 5.69 Å². The molecule has 2 heterocycles. The standard InChI is InChI=1S/C13H16N2OS/c1-10-5-11(7-14-6-10)15-8-12-3-4-13(16-12)9-17-2/h3-7,15H,8-9H2,1-2H3. The van der Waals surface area contributed by atoms with Crippen LogP contribution in [0.2, 0.25) is 0 Å². The van der Waals surface area contributed by atoms with E-state index in [1.54, 1.807) is 11.8 Å². The number of anilines is 1. The lowest BCUT2D eigenvalue weighted by molar-refractivity contribution is 0.487. The van der Waals surface area contributed by atoms with Gasteiger partial charge in [-0.05, 0) is 36.9 Å². The Balaban J connectivity index is 1.93. The molecule has 0 bridgehead atoms. The average Bonchev–Trinajstić information content (AvgIpc) is 2.75. The molecule has 90 valence electrons. The van der Waals surface area contributed by atoms with Gasteiger partial charge in [0.15, 0.2) is 0 Å². The molecule has 3 nitrogen and oxygen atoms in total. The molecule has 0 saturated carbocycles. The third kappa shape index (κ3) is 3.53. The molecule has 0 aliphatic rings. The third-order valence-electron chi connectivity index (χ3n) is 2.35. The second kappa shape index (κ2) is 5.77. The SMILES string of the molecule is CSCc1ccc(CNc2cncc(C)c2)o1. The maximum atomic E-state index is 5.67. The lowest BCUT2D eigenvalue weighted by Crippen LogP contribution is -1.98. The summed E-state index contributed by atoms with van der Waals surface area (Å²) < 4.78 is 5.67. The molecule has 0 atom stereocenters. The molecule has 0 amide bonds. The number of thioether (sulfide) groups is 1. The number of rotatable bonds is 5. The summed E-state index contributed by atoms with van der Waals surface area (Å²) in [7, 11) is 0. The summed E-state index contributed by atoms with van der Waals surface area (Å²) in [6.45, 7) is 2.72. The van der Waals surface area contributed by atoms with E-state index < -0.39 is 0 Å². The first-order chi connectivity index (χ1) is 8.28.